The van der Waals surface area contributed by atoms with Crippen LogP contribution in [0, 0.1) is 0 Å². The molecule has 0 unspecified atom stereocenters. The van der Waals surface area contributed by atoms with Gasteiger partial charge in [0.25, 0.3) is 0 Å². The van der Waals surface area contributed by atoms with Crippen molar-refractivity contribution in [3.8, 4) is 0 Å². The molecule has 0 saturated heterocycles. The summed E-state index contributed by atoms with van der Waals surface area (Å²) >= 11 is 0. The summed E-state index contributed by atoms with van der Waals surface area (Å²) in [6.45, 7) is 0.646. The third-order valence-corrected chi connectivity index (χ3v) is 2.87. The Morgan fingerprint density at radius 3 is 2.71 bits per heavy atom. The van der Waals surface area contributed by atoms with E-state index in [1.54, 1.807) is 0 Å². The molecule has 1 aromatic carbocycles. The summed E-state index contributed by atoms with van der Waals surface area (Å²) in [5.41, 5.74) is 9.88. The van der Waals surface area contributed by atoms with Gasteiger partial charge < -0.3 is 5.73 Å². The van der Waals surface area contributed by atoms with Crippen molar-refractivity contribution >= 4 is 5.57 Å². The van der Waals surface area contributed by atoms with E-state index in [-0.39, 0.29) is 0 Å². The molecule has 0 atom stereocenters. The van der Waals surface area contributed by atoms with Crippen molar-refractivity contribution in [2.24, 2.45) is 5.73 Å². The van der Waals surface area contributed by atoms with Crippen LogP contribution >= 0.6 is 0 Å². The highest BCUT2D eigenvalue weighted by Crippen LogP contribution is 2.28. The maximum Gasteiger partial charge on any atom is 0.0184 e. The fourth-order valence-corrected chi connectivity index (χ4v) is 2.09. The molecule has 1 nitrogen and oxygen atoms in total. The van der Waals surface area contributed by atoms with Crippen LogP contribution in [0.5, 0.6) is 0 Å². The van der Waals surface area contributed by atoms with E-state index in [9.17, 15) is 0 Å². The summed E-state index contributed by atoms with van der Waals surface area (Å²) in [6, 6.07) is 8.49. The second-order valence-electron chi connectivity index (χ2n) is 3.84. The molecule has 1 heteroatoms. The molecule has 1 aromatic rings. The lowest BCUT2D eigenvalue weighted by molar-refractivity contribution is 0.741. The molecule has 1 aliphatic carbocycles. The van der Waals surface area contributed by atoms with E-state index >= 15 is 0 Å². The van der Waals surface area contributed by atoms with Gasteiger partial charge in [0.15, 0.2) is 0 Å². The maximum absolute atomic E-state index is 5.73. The summed E-state index contributed by atoms with van der Waals surface area (Å²) in [5.74, 6) is 0. The fraction of sp³-hybridized carbons (Fsp3) is 0.385. The molecular weight excluding hydrogens is 170 g/mol. The van der Waals surface area contributed by atoms with Gasteiger partial charge in [0.05, 0.1) is 0 Å². The van der Waals surface area contributed by atoms with Crippen molar-refractivity contribution in [3.63, 3.8) is 0 Å². The summed E-state index contributed by atoms with van der Waals surface area (Å²) in [7, 11) is 0. The van der Waals surface area contributed by atoms with Crippen LogP contribution in [0.25, 0.3) is 5.57 Å². The molecule has 0 heterocycles. The SMILES string of the molecule is NCc1ccccc1C1=CCCCC1. The van der Waals surface area contributed by atoms with Crippen LogP contribution in [0.15, 0.2) is 30.3 Å². The van der Waals surface area contributed by atoms with E-state index in [4.69, 9.17) is 5.73 Å². The highest BCUT2D eigenvalue weighted by atomic mass is 14.5. The molecule has 0 saturated carbocycles. The van der Waals surface area contributed by atoms with E-state index in [1.165, 1.54) is 42.4 Å². The molecule has 0 radical (unpaired) electrons. The van der Waals surface area contributed by atoms with Gasteiger partial charge in [-0.15, -0.1) is 0 Å². The van der Waals surface area contributed by atoms with Gasteiger partial charge in [-0.3, -0.25) is 0 Å². The molecule has 0 aliphatic heterocycles. The number of benzene rings is 1. The Bertz CT molecular complexity index is 339. The van der Waals surface area contributed by atoms with Gasteiger partial charge in [0.2, 0.25) is 0 Å². The predicted molar refractivity (Wildman–Crippen MR) is 60.8 cm³/mol. The van der Waals surface area contributed by atoms with Gasteiger partial charge in [-0.05, 0) is 42.4 Å². The van der Waals surface area contributed by atoms with Gasteiger partial charge >= 0.3 is 0 Å². The van der Waals surface area contributed by atoms with Crippen molar-refractivity contribution in [2.45, 2.75) is 32.2 Å². The third kappa shape index (κ3) is 1.88. The van der Waals surface area contributed by atoms with Gasteiger partial charge in [-0.1, -0.05) is 30.3 Å². The monoisotopic (exact) mass is 187 g/mol. The number of hydrogen-bond acceptors (Lipinski definition) is 1. The summed E-state index contributed by atoms with van der Waals surface area (Å²) in [5, 5.41) is 0. The molecule has 74 valence electrons. The van der Waals surface area contributed by atoms with E-state index in [0.29, 0.717) is 6.54 Å². The minimum Gasteiger partial charge on any atom is -0.326 e. The lowest BCUT2D eigenvalue weighted by Gasteiger charge is -2.15. The van der Waals surface area contributed by atoms with Crippen molar-refractivity contribution < 1.29 is 0 Å². The average molecular weight is 187 g/mol. The predicted octanol–water partition coefficient (Wildman–Crippen LogP) is 3.10. The Morgan fingerprint density at radius 1 is 1.14 bits per heavy atom. The first kappa shape index (κ1) is 9.47. The molecule has 0 fully saturated rings. The molecular formula is C13H17N. The molecule has 2 rings (SSSR count). The lowest BCUT2D eigenvalue weighted by Crippen LogP contribution is -2.02. The number of hydrogen-bond donors (Lipinski definition) is 1. The zero-order valence-electron chi connectivity index (χ0n) is 8.50. The van der Waals surface area contributed by atoms with Gasteiger partial charge in [-0.2, -0.15) is 0 Å². The number of allylic oxidation sites excluding steroid dienone is 2. The smallest absolute Gasteiger partial charge is 0.0184 e. The topological polar surface area (TPSA) is 26.0 Å². The summed E-state index contributed by atoms with van der Waals surface area (Å²) in [4.78, 5) is 0. The zero-order valence-corrected chi connectivity index (χ0v) is 8.50. The summed E-state index contributed by atoms with van der Waals surface area (Å²) in [6.07, 6.45) is 7.49. The maximum atomic E-state index is 5.73. The van der Waals surface area contributed by atoms with Crippen LogP contribution in [0.1, 0.15) is 36.8 Å². The third-order valence-electron chi connectivity index (χ3n) is 2.87. The first-order valence-electron chi connectivity index (χ1n) is 5.39. The van der Waals surface area contributed by atoms with Crippen LogP contribution in [0.2, 0.25) is 0 Å². The standard InChI is InChI=1S/C13H17N/c14-10-12-8-4-5-9-13(12)11-6-2-1-3-7-11/h4-6,8-9H,1-3,7,10,14H2. The molecule has 0 spiro atoms. The Labute approximate surface area is 85.6 Å². The highest BCUT2D eigenvalue weighted by Gasteiger charge is 2.08. The van der Waals surface area contributed by atoms with Crippen LogP contribution in [0.4, 0.5) is 0 Å². The minimum absolute atomic E-state index is 0.646. The molecule has 1 aliphatic rings. The first-order chi connectivity index (χ1) is 6.92. The van der Waals surface area contributed by atoms with Crippen molar-refractivity contribution in [3.05, 3.63) is 41.5 Å². The number of nitrogens with two attached hydrogens (primary N) is 1. The molecule has 0 bridgehead atoms. The largest absolute Gasteiger partial charge is 0.326 e. The fourth-order valence-electron chi connectivity index (χ4n) is 2.09. The Balaban J connectivity index is 2.34. The highest BCUT2D eigenvalue weighted by molar-refractivity contribution is 5.68. The van der Waals surface area contributed by atoms with Gasteiger partial charge in [-0.25, -0.2) is 0 Å². The molecule has 0 amide bonds. The minimum atomic E-state index is 0.646. The average Bonchev–Trinajstić information content (AvgIpc) is 2.30. The Hall–Kier alpha value is -1.08. The van der Waals surface area contributed by atoms with Crippen LogP contribution in [-0.4, -0.2) is 0 Å². The normalized spacial score (nSPS) is 16.5. The van der Waals surface area contributed by atoms with Crippen molar-refractivity contribution in [2.75, 3.05) is 0 Å². The van der Waals surface area contributed by atoms with Gasteiger partial charge in [0, 0.05) is 6.54 Å². The molecule has 14 heavy (non-hydrogen) atoms. The van der Waals surface area contributed by atoms with Crippen LogP contribution in [0.3, 0.4) is 0 Å². The van der Waals surface area contributed by atoms with E-state index < -0.39 is 0 Å². The zero-order chi connectivity index (χ0) is 9.80. The second kappa shape index (κ2) is 4.43. The van der Waals surface area contributed by atoms with Crippen LogP contribution < -0.4 is 5.73 Å². The van der Waals surface area contributed by atoms with Crippen molar-refractivity contribution in [1.29, 1.82) is 0 Å². The Morgan fingerprint density at radius 2 is 2.00 bits per heavy atom. The Kier molecular flexibility index (Phi) is 3.00. The number of rotatable bonds is 2. The quantitative estimate of drug-likeness (QED) is 0.756. The second-order valence-corrected chi connectivity index (χ2v) is 3.84. The van der Waals surface area contributed by atoms with E-state index in [0.717, 1.165) is 0 Å². The van der Waals surface area contributed by atoms with E-state index in [2.05, 4.69) is 30.3 Å². The van der Waals surface area contributed by atoms with Gasteiger partial charge in [0.1, 0.15) is 0 Å². The summed E-state index contributed by atoms with van der Waals surface area (Å²) < 4.78 is 0. The van der Waals surface area contributed by atoms with Crippen molar-refractivity contribution in [1.82, 2.24) is 0 Å². The van der Waals surface area contributed by atoms with E-state index in [1.807, 2.05) is 0 Å². The molecule has 0 aromatic heterocycles. The lowest BCUT2D eigenvalue weighted by atomic mass is 9.91. The molecule has 2 N–H and O–H groups in total. The first-order valence-corrected chi connectivity index (χ1v) is 5.39. The van der Waals surface area contributed by atoms with Crippen LogP contribution in [-0.2, 0) is 6.54 Å².